The molecule has 4 N–H and O–H groups in total. The van der Waals surface area contributed by atoms with Crippen molar-refractivity contribution in [2.24, 2.45) is 0 Å². The number of aliphatic carboxylic acids is 1. The van der Waals surface area contributed by atoms with E-state index in [0.29, 0.717) is 39.6 Å². The number of carboxylic acid groups (broad SMARTS) is 1. The molecule has 0 aliphatic carbocycles. The highest BCUT2D eigenvalue weighted by Gasteiger charge is 2.54. The zero-order valence-electron chi connectivity index (χ0n) is 18.4. The zero-order chi connectivity index (χ0) is 24.4. The van der Waals surface area contributed by atoms with Gasteiger partial charge in [-0.1, -0.05) is 11.8 Å². The Labute approximate surface area is 207 Å². The minimum atomic E-state index is -1.18. The third-order valence-corrected chi connectivity index (χ3v) is 8.22. The van der Waals surface area contributed by atoms with Gasteiger partial charge in [-0.2, -0.15) is 0 Å². The number of nitrogens with two attached hydrogens (primary N) is 1. The largest absolute Gasteiger partial charge is 0.477 e. The average Bonchev–Trinajstić information content (AvgIpc) is 3.41. The number of β-lactam (4-membered cyclic amide) rings is 1. The predicted octanol–water partition coefficient (Wildman–Crippen LogP) is -0.653. The van der Waals surface area contributed by atoms with Crippen molar-refractivity contribution in [3.05, 3.63) is 22.3 Å². The number of nitrogen functional groups attached to an aromatic ring is 1. The minimum absolute atomic E-state index is 0.000917. The fraction of sp³-hybridized carbons (Fsp3) is 0.500. The number of likely N-dealkylation sites (N-methyl/N-ethyl adjacent to an activating group) is 1. The Morgan fingerprint density at radius 2 is 2.21 bits per heavy atom. The number of tetrazole rings is 1. The standard InChI is InChI=1S/C18H23N9O4S3/c1-25(2)3-4-26-18(22-23-24-26)34-7-9-6-32-15-12(14(29)27(15)13(9)16(30)31)21-11(28)5-10-8-33-17(19)20-10/h8,12,15H,3-7H2,1-2H3,(H2,19,20)(H,21,28)(H,30,31)/t12?,15-/m1/s1. The molecule has 0 saturated carbocycles. The first-order valence-electron chi connectivity index (χ1n) is 10.2. The molecule has 2 aromatic heterocycles. The van der Waals surface area contributed by atoms with Gasteiger partial charge in [0.2, 0.25) is 11.1 Å². The smallest absolute Gasteiger partial charge is 0.352 e. The Morgan fingerprint density at radius 3 is 2.88 bits per heavy atom. The van der Waals surface area contributed by atoms with Crippen LogP contribution in [-0.4, -0.2) is 101 Å². The fourth-order valence-corrected chi connectivity index (χ4v) is 6.42. The Hall–Kier alpha value is -2.69. The van der Waals surface area contributed by atoms with Crippen LogP contribution in [0, 0.1) is 0 Å². The molecule has 4 rings (SSSR count). The Morgan fingerprint density at radius 1 is 1.41 bits per heavy atom. The number of hydrogen-bond acceptors (Lipinski definition) is 12. The molecule has 2 aromatic rings. The van der Waals surface area contributed by atoms with Crippen LogP contribution in [0.1, 0.15) is 5.69 Å². The molecule has 34 heavy (non-hydrogen) atoms. The molecule has 0 spiro atoms. The number of nitrogens with one attached hydrogen (secondary N) is 1. The quantitative estimate of drug-likeness (QED) is 0.265. The topological polar surface area (TPSA) is 172 Å². The van der Waals surface area contributed by atoms with Crippen molar-refractivity contribution >= 4 is 57.8 Å². The van der Waals surface area contributed by atoms with Gasteiger partial charge in [0.1, 0.15) is 17.1 Å². The maximum atomic E-state index is 12.8. The van der Waals surface area contributed by atoms with Gasteiger partial charge in [0.25, 0.3) is 5.91 Å². The molecular formula is C18H23N9O4S3. The third-order valence-electron chi connectivity index (χ3n) is 5.11. The van der Waals surface area contributed by atoms with Gasteiger partial charge in [-0.15, -0.1) is 28.2 Å². The van der Waals surface area contributed by atoms with Crippen LogP contribution in [0.3, 0.4) is 0 Å². The van der Waals surface area contributed by atoms with Crippen molar-refractivity contribution in [3.8, 4) is 0 Å². The van der Waals surface area contributed by atoms with Crippen LogP contribution in [-0.2, 0) is 27.3 Å². The molecule has 1 unspecified atom stereocenters. The van der Waals surface area contributed by atoms with E-state index in [9.17, 15) is 19.5 Å². The third kappa shape index (κ3) is 5.18. The monoisotopic (exact) mass is 525 g/mol. The summed E-state index contributed by atoms with van der Waals surface area (Å²) in [6.45, 7) is 1.36. The lowest BCUT2D eigenvalue weighted by molar-refractivity contribution is -0.150. The van der Waals surface area contributed by atoms with Crippen molar-refractivity contribution in [2.75, 3.05) is 37.9 Å². The molecule has 0 radical (unpaired) electrons. The highest BCUT2D eigenvalue weighted by Crippen LogP contribution is 2.41. The number of aromatic nitrogens is 5. The summed E-state index contributed by atoms with van der Waals surface area (Å²) < 4.78 is 1.67. The number of carbonyl (C=O) groups excluding carboxylic acids is 2. The molecule has 0 aromatic carbocycles. The summed E-state index contributed by atoms with van der Waals surface area (Å²) in [6.07, 6.45) is 0.000917. The van der Waals surface area contributed by atoms with E-state index >= 15 is 0 Å². The SMILES string of the molecule is CN(C)CCn1nnnc1SCC1=C(C(=O)O)N2C(=O)C(NC(=O)Cc3csc(N)n3)[C@H]2SC1. The Bertz CT molecular complexity index is 1130. The van der Waals surface area contributed by atoms with Crippen LogP contribution in [0.15, 0.2) is 21.8 Å². The lowest BCUT2D eigenvalue weighted by Crippen LogP contribution is -2.70. The predicted molar refractivity (Wildman–Crippen MR) is 127 cm³/mol. The molecule has 1 fully saturated rings. The van der Waals surface area contributed by atoms with Gasteiger partial charge >= 0.3 is 5.97 Å². The van der Waals surface area contributed by atoms with Gasteiger partial charge in [0, 0.05) is 23.4 Å². The minimum Gasteiger partial charge on any atom is -0.477 e. The summed E-state index contributed by atoms with van der Waals surface area (Å²) >= 11 is 3.98. The number of hydrogen-bond donors (Lipinski definition) is 3. The highest BCUT2D eigenvalue weighted by molar-refractivity contribution is 8.01. The molecule has 0 bridgehead atoms. The summed E-state index contributed by atoms with van der Waals surface area (Å²) in [7, 11) is 3.90. The van der Waals surface area contributed by atoms with Crippen molar-refractivity contribution in [1.29, 1.82) is 0 Å². The number of anilines is 1. The lowest BCUT2D eigenvalue weighted by Gasteiger charge is -2.49. The second-order valence-corrected chi connectivity index (χ2v) is 10.8. The number of carboxylic acids is 1. The van der Waals surface area contributed by atoms with Crippen LogP contribution < -0.4 is 11.1 Å². The number of rotatable bonds is 10. The van der Waals surface area contributed by atoms with Crippen molar-refractivity contribution in [3.63, 3.8) is 0 Å². The molecule has 13 nitrogen and oxygen atoms in total. The fourth-order valence-electron chi connectivity index (χ4n) is 3.47. The van der Waals surface area contributed by atoms with Gasteiger partial charge in [0.15, 0.2) is 5.13 Å². The second kappa shape index (κ2) is 10.3. The van der Waals surface area contributed by atoms with Crippen LogP contribution >= 0.6 is 34.9 Å². The molecule has 2 aliphatic rings. The van der Waals surface area contributed by atoms with Crippen molar-refractivity contribution in [2.45, 2.75) is 29.5 Å². The van der Waals surface area contributed by atoms with E-state index < -0.39 is 23.3 Å². The summed E-state index contributed by atoms with van der Waals surface area (Å²) in [4.78, 5) is 44.5. The number of thioether (sulfide) groups is 2. The van der Waals surface area contributed by atoms with E-state index in [4.69, 9.17) is 5.73 Å². The lowest BCUT2D eigenvalue weighted by atomic mass is 10.0. The van der Waals surface area contributed by atoms with Crippen LogP contribution in [0.4, 0.5) is 5.13 Å². The maximum Gasteiger partial charge on any atom is 0.352 e. The molecule has 1 saturated heterocycles. The molecule has 2 atom stereocenters. The van der Waals surface area contributed by atoms with E-state index in [2.05, 4.69) is 25.8 Å². The average molecular weight is 526 g/mol. The van der Waals surface area contributed by atoms with Crippen LogP contribution in [0.25, 0.3) is 0 Å². The summed E-state index contributed by atoms with van der Waals surface area (Å²) in [6, 6.07) is -0.782. The van der Waals surface area contributed by atoms with Crippen LogP contribution in [0.5, 0.6) is 0 Å². The zero-order valence-corrected chi connectivity index (χ0v) is 20.8. The summed E-state index contributed by atoms with van der Waals surface area (Å²) in [5.41, 5.74) is 6.68. The number of amides is 2. The summed E-state index contributed by atoms with van der Waals surface area (Å²) in [5.74, 6) is -1.24. The first-order chi connectivity index (χ1) is 16.2. The molecule has 4 heterocycles. The van der Waals surface area contributed by atoms with E-state index in [1.54, 1.807) is 10.1 Å². The molecule has 2 amide bonds. The van der Waals surface area contributed by atoms with E-state index in [1.165, 1.54) is 39.8 Å². The van der Waals surface area contributed by atoms with Crippen molar-refractivity contribution < 1.29 is 19.5 Å². The number of fused-ring (bicyclic) bond motifs is 1. The number of nitrogens with zero attached hydrogens (tertiary/aromatic N) is 7. The normalized spacial score (nSPS) is 19.9. The highest BCUT2D eigenvalue weighted by atomic mass is 32.2. The van der Waals surface area contributed by atoms with Gasteiger partial charge in [-0.05, 0) is 30.1 Å². The van der Waals surface area contributed by atoms with E-state index in [-0.39, 0.29) is 18.0 Å². The number of thiazole rings is 1. The van der Waals surface area contributed by atoms with Gasteiger partial charge < -0.3 is 21.1 Å². The van der Waals surface area contributed by atoms with E-state index in [0.717, 1.165) is 6.54 Å². The van der Waals surface area contributed by atoms with Crippen LogP contribution in [0.2, 0.25) is 0 Å². The molecule has 182 valence electrons. The van der Waals surface area contributed by atoms with Crippen molar-refractivity contribution in [1.82, 2.24) is 40.3 Å². The molecule has 16 heteroatoms. The Balaban J connectivity index is 1.41. The molecule has 2 aliphatic heterocycles. The first-order valence-corrected chi connectivity index (χ1v) is 13.1. The maximum absolute atomic E-state index is 12.8. The van der Waals surface area contributed by atoms with E-state index in [1.807, 2.05) is 19.0 Å². The van der Waals surface area contributed by atoms with Gasteiger partial charge in [-0.25, -0.2) is 14.5 Å². The second-order valence-electron chi connectivity index (χ2n) is 7.84. The first kappa shape index (κ1) is 24.4. The molecular weight excluding hydrogens is 502 g/mol. The van der Waals surface area contributed by atoms with Gasteiger partial charge in [-0.3, -0.25) is 14.5 Å². The Kier molecular flexibility index (Phi) is 7.39. The summed E-state index contributed by atoms with van der Waals surface area (Å²) in [5, 5.41) is 26.4. The number of carbonyl (C=O) groups is 3. The van der Waals surface area contributed by atoms with Gasteiger partial charge in [0.05, 0.1) is 18.7 Å².